The summed E-state index contributed by atoms with van der Waals surface area (Å²) in [5.41, 5.74) is 8.48. The quantitative estimate of drug-likeness (QED) is 0.629. The molecular formula is C15H14N2. The summed E-state index contributed by atoms with van der Waals surface area (Å²) in [6, 6.07) is 19.5. The molecule has 2 rings (SSSR count). The van der Waals surface area contributed by atoms with Gasteiger partial charge in [0.2, 0.25) is 0 Å². The lowest BCUT2D eigenvalue weighted by atomic mass is 10.1. The topological polar surface area (TPSA) is 38.4 Å². The van der Waals surface area contributed by atoms with E-state index in [4.69, 9.17) is 5.73 Å². The second kappa shape index (κ2) is 5.12. The first-order valence-electron chi connectivity index (χ1n) is 5.41. The number of hydrogen-bond donors (Lipinski definition) is 1. The van der Waals surface area contributed by atoms with Crippen molar-refractivity contribution in [3.63, 3.8) is 0 Å². The number of nitrogens with zero attached hydrogens (tertiary/aromatic N) is 1. The molecule has 0 aliphatic carbocycles. The fourth-order valence-corrected chi connectivity index (χ4v) is 1.51. The van der Waals surface area contributed by atoms with Crippen molar-refractivity contribution in [2.45, 2.75) is 0 Å². The van der Waals surface area contributed by atoms with Crippen molar-refractivity contribution >= 4 is 11.5 Å². The van der Waals surface area contributed by atoms with Gasteiger partial charge in [0.15, 0.2) is 0 Å². The maximum Gasteiger partial charge on any atom is 0.131 e. The second-order valence-corrected chi connectivity index (χ2v) is 3.68. The van der Waals surface area contributed by atoms with Crippen LogP contribution in [0.2, 0.25) is 0 Å². The zero-order valence-corrected chi connectivity index (χ0v) is 9.51. The Hall–Kier alpha value is -2.35. The Kier molecular flexibility index (Phi) is 3.36. The molecule has 0 radical (unpaired) electrons. The summed E-state index contributed by atoms with van der Waals surface area (Å²) in [7, 11) is 0. The summed E-state index contributed by atoms with van der Waals surface area (Å²) in [4.78, 5) is 4.32. The van der Waals surface area contributed by atoms with Gasteiger partial charge in [-0.05, 0) is 5.56 Å². The Bertz CT molecular complexity index is 527. The van der Waals surface area contributed by atoms with Crippen LogP contribution in [0, 0.1) is 0 Å². The molecule has 0 bridgehead atoms. The van der Waals surface area contributed by atoms with Gasteiger partial charge in [0.1, 0.15) is 5.84 Å². The molecule has 0 heterocycles. The SMILES string of the molecule is C=C(N=C(N)c1ccccc1)c1ccccc1. The summed E-state index contributed by atoms with van der Waals surface area (Å²) in [6.07, 6.45) is 0. The van der Waals surface area contributed by atoms with Crippen LogP contribution in [0.4, 0.5) is 0 Å². The lowest BCUT2D eigenvalue weighted by Crippen LogP contribution is -2.12. The molecule has 2 N–H and O–H groups in total. The van der Waals surface area contributed by atoms with E-state index in [0.717, 1.165) is 11.1 Å². The molecule has 17 heavy (non-hydrogen) atoms. The fourth-order valence-electron chi connectivity index (χ4n) is 1.51. The van der Waals surface area contributed by atoms with E-state index < -0.39 is 0 Å². The average molecular weight is 222 g/mol. The van der Waals surface area contributed by atoms with E-state index in [-0.39, 0.29) is 0 Å². The van der Waals surface area contributed by atoms with Crippen molar-refractivity contribution in [2.75, 3.05) is 0 Å². The number of hydrogen-bond acceptors (Lipinski definition) is 1. The Morgan fingerprint density at radius 3 is 1.82 bits per heavy atom. The number of benzene rings is 2. The molecule has 2 nitrogen and oxygen atoms in total. The highest BCUT2D eigenvalue weighted by atomic mass is 14.9. The van der Waals surface area contributed by atoms with E-state index >= 15 is 0 Å². The first-order valence-corrected chi connectivity index (χ1v) is 5.41. The van der Waals surface area contributed by atoms with Gasteiger partial charge in [-0.15, -0.1) is 0 Å². The van der Waals surface area contributed by atoms with Crippen molar-refractivity contribution in [1.29, 1.82) is 0 Å². The van der Waals surface area contributed by atoms with Gasteiger partial charge < -0.3 is 5.73 Å². The zero-order valence-electron chi connectivity index (χ0n) is 9.51. The van der Waals surface area contributed by atoms with Crippen LogP contribution < -0.4 is 5.73 Å². The summed E-state index contributed by atoms with van der Waals surface area (Å²) < 4.78 is 0. The third-order valence-corrected chi connectivity index (χ3v) is 2.43. The minimum Gasteiger partial charge on any atom is -0.383 e. The molecule has 0 amide bonds. The predicted molar refractivity (Wildman–Crippen MR) is 72.6 cm³/mol. The minimum absolute atomic E-state index is 0.486. The molecule has 0 saturated carbocycles. The van der Waals surface area contributed by atoms with Crippen LogP contribution in [-0.2, 0) is 0 Å². The standard InChI is InChI=1S/C15H14N2/c1-12(13-8-4-2-5-9-13)17-15(16)14-10-6-3-7-11-14/h2-11H,1H2,(H2,16,17). The highest BCUT2D eigenvalue weighted by Crippen LogP contribution is 2.13. The average Bonchev–Trinajstić information content (AvgIpc) is 2.40. The monoisotopic (exact) mass is 222 g/mol. The number of amidine groups is 1. The summed E-state index contributed by atoms with van der Waals surface area (Å²) in [6.45, 7) is 3.92. The largest absolute Gasteiger partial charge is 0.383 e. The molecule has 84 valence electrons. The third kappa shape index (κ3) is 2.82. The van der Waals surface area contributed by atoms with E-state index in [1.165, 1.54) is 0 Å². The van der Waals surface area contributed by atoms with Gasteiger partial charge in [0.05, 0.1) is 5.70 Å². The van der Waals surface area contributed by atoms with Crippen molar-refractivity contribution in [3.05, 3.63) is 78.4 Å². The van der Waals surface area contributed by atoms with Gasteiger partial charge in [-0.2, -0.15) is 0 Å². The van der Waals surface area contributed by atoms with Crippen LogP contribution in [0.15, 0.2) is 72.2 Å². The Balaban J connectivity index is 2.24. The third-order valence-electron chi connectivity index (χ3n) is 2.43. The zero-order chi connectivity index (χ0) is 12.1. The highest BCUT2D eigenvalue weighted by molar-refractivity contribution is 6.00. The molecular weight excluding hydrogens is 208 g/mol. The highest BCUT2D eigenvalue weighted by Gasteiger charge is 1.99. The van der Waals surface area contributed by atoms with Crippen LogP contribution >= 0.6 is 0 Å². The molecule has 0 aromatic heterocycles. The van der Waals surface area contributed by atoms with Crippen molar-refractivity contribution in [3.8, 4) is 0 Å². The maximum atomic E-state index is 5.92. The van der Waals surface area contributed by atoms with Gasteiger partial charge in [-0.1, -0.05) is 67.2 Å². The molecule has 0 saturated heterocycles. The van der Waals surface area contributed by atoms with Gasteiger partial charge in [-0.25, -0.2) is 4.99 Å². The molecule has 0 fully saturated rings. The number of nitrogens with two attached hydrogens (primary N) is 1. The summed E-state index contributed by atoms with van der Waals surface area (Å²) in [5, 5.41) is 0. The Morgan fingerprint density at radius 1 is 0.824 bits per heavy atom. The molecule has 2 heteroatoms. The first kappa shape index (κ1) is 11.1. The molecule has 0 atom stereocenters. The van der Waals surface area contributed by atoms with Crippen LogP contribution in [0.1, 0.15) is 11.1 Å². The van der Waals surface area contributed by atoms with E-state index in [0.29, 0.717) is 11.5 Å². The first-order chi connectivity index (χ1) is 8.27. The van der Waals surface area contributed by atoms with E-state index in [9.17, 15) is 0 Å². The molecule has 0 aliphatic rings. The van der Waals surface area contributed by atoms with Gasteiger partial charge in [0.25, 0.3) is 0 Å². The molecule has 0 unspecified atom stereocenters. The smallest absolute Gasteiger partial charge is 0.131 e. The molecule has 0 spiro atoms. The van der Waals surface area contributed by atoms with E-state index in [2.05, 4.69) is 11.6 Å². The number of aliphatic imine (C=N–C) groups is 1. The Morgan fingerprint density at radius 2 is 1.29 bits per heavy atom. The van der Waals surface area contributed by atoms with Crippen LogP contribution in [0.5, 0.6) is 0 Å². The maximum absolute atomic E-state index is 5.92. The number of rotatable bonds is 3. The van der Waals surface area contributed by atoms with Crippen molar-refractivity contribution in [2.24, 2.45) is 10.7 Å². The van der Waals surface area contributed by atoms with Crippen LogP contribution in [-0.4, -0.2) is 5.84 Å². The van der Waals surface area contributed by atoms with Crippen molar-refractivity contribution in [1.82, 2.24) is 0 Å². The van der Waals surface area contributed by atoms with Gasteiger partial charge >= 0.3 is 0 Å². The van der Waals surface area contributed by atoms with E-state index in [1.54, 1.807) is 0 Å². The Labute approximate surface area is 101 Å². The summed E-state index contributed by atoms with van der Waals surface area (Å²) >= 11 is 0. The van der Waals surface area contributed by atoms with Crippen LogP contribution in [0.25, 0.3) is 5.70 Å². The molecule has 0 aliphatic heterocycles. The summed E-state index contributed by atoms with van der Waals surface area (Å²) in [5.74, 6) is 0.486. The minimum atomic E-state index is 0.486. The molecule has 2 aromatic rings. The van der Waals surface area contributed by atoms with Gasteiger partial charge in [-0.3, -0.25) is 0 Å². The lowest BCUT2D eigenvalue weighted by Gasteiger charge is -2.03. The molecule has 2 aromatic carbocycles. The van der Waals surface area contributed by atoms with Crippen molar-refractivity contribution < 1.29 is 0 Å². The lowest BCUT2D eigenvalue weighted by molar-refractivity contribution is 1.46. The second-order valence-electron chi connectivity index (χ2n) is 3.68. The normalized spacial score (nSPS) is 11.2. The predicted octanol–water partition coefficient (Wildman–Crippen LogP) is 3.06. The van der Waals surface area contributed by atoms with E-state index in [1.807, 2.05) is 60.7 Å². The van der Waals surface area contributed by atoms with Crippen LogP contribution in [0.3, 0.4) is 0 Å². The fraction of sp³-hybridized carbons (Fsp3) is 0. The van der Waals surface area contributed by atoms with Gasteiger partial charge in [0, 0.05) is 5.56 Å².